The molecule has 0 saturated heterocycles. The van der Waals surface area contributed by atoms with E-state index in [0.717, 1.165) is 11.1 Å². The fourth-order valence-electron chi connectivity index (χ4n) is 4.12. The van der Waals surface area contributed by atoms with Crippen molar-refractivity contribution in [3.05, 3.63) is 65.1 Å². The van der Waals surface area contributed by atoms with Crippen LogP contribution in [0.1, 0.15) is 41.1 Å². The predicted molar refractivity (Wildman–Crippen MR) is 119 cm³/mol. The van der Waals surface area contributed by atoms with Gasteiger partial charge in [0.25, 0.3) is 5.91 Å². The first-order valence-electron chi connectivity index (χ1n) is 10.5. The Hall–Kier alpha value is -3.90. The van der Waals surface area contributed by atoms with Crippen LogP contribution < -0.4 is 15.5 Å². The van der Waals surface area contributed by atoms with Crippen molar-refractivity contribution in [3.8, 4) is 23.3 Å². The molecule has 0 spiro atoms. The summed E-state index contributed by atoms with van der Waals surface area (Å²) in [6, 6.07) is 9.73. The molecule has 7 nitrogen and oxygen atoms in total. The Morgan fingerprint density at radius 3 is 2.85 bits per heavy atom. The number of alkyl halides is 2. The highest BCUT2D eigenvalue weighted by Gasteiger charge is 2.31. The van der Waals surface area contributed by atoms with Crippen LogP contribution in [0.3, 0.4) is 0 Å². The van der Waals surface area contributed by atoms with Gasteiger partial charge in [-0.05, 0) is 36.8 Å². The van der Waals surface area contributed by atoms with E-state index in [4.69, 9.17) is 9.72 Å². The van der Waals surface area contributed by atoms with Gasteiger partial charge in [-0.3, -0.25) is 9.36 Å². The van der Waals surface area contributed by atoms with E-state index in [1.165, 1.54) is 12.1 Å². The predicted octanol–water partition coefficient (Wildman–Crippen LogP) is 3.51. The lowest BCUT2D eigenvalue weighted by Crippen LogP contribution is -2.27. The van der Waals surface area contributed by atoms with E-state index in [1.54, 1.807) is 10.6 Å². The summed E-state index contributed by atoms with van der Waals surface area (Å²) in [5, 5.41) is 4.80. The fraction of sp³-hybridized carbons (Fsp3) is 0.250. The van der Waals surface area contributed by atoms with Gasteiger partial charge < -0.3 is 15.1 Å². The average molecular weight is 449 g/mol. The summed E-state index contributed by atoms with van der Waals surface area (Å²) in [6.07, 6.45) is 2.50. The van der Waals surface area contributed by atoms with E-state index in [0.29, 0.717) is 29.8 Å². The van der Waals surface area contributed by atoms with Gasteiger partial charge in [-0.15, -0.1) is 0 Å². The Bertz CT molecular complexity index is 1350. The quantitative estimate of drug-likeness (QED) is 0.599. The molecule has 168 valence electrons. The number of amides is 1. The number of hydrazine groups is 1. The smallest absolute Gasteiger partial charge is 0.387 e. The number of hydrogen-bond donors (Lipinski definition) is 2. The summed E-state index contributed by atoms with van der Waals surface area (Å²) in [6.45, 7) is -0.448. The second-order valence-corrected chi connectivity index (χ2v) is 7.82. The molecular formula is C24H21F2N5O2. The summed E-state index contributed by atoms with van der Waals surface area (Å²) in [5.74, 6) is 6.41. The molecule has 1 aromatic heterocycles. The fourth-order valence-corrected chi connectivity index (χ4v) is 4.12. The number of aromatic nitrogens is 2. The number of halogens is 2. The maximum atomic E-state index is 13.2. The van der Waals surface area contributed by atoms with Crippen LogP contribution in [-0.2, 0) is 0 Å². The van der Waals surface area contributed by atoms with Crippen LogP contribution in [0.15, 0.2) is 48.2 Å². The largest absolute Gasteiger partial charge is 0.433 e. The molecule has 33 heavy (non-hydrogen) atoms. The number of hydrogen-bond acceptors (Lipinski definition) is 5. The van der Waals surface area contributed by atoms with Crippen molar-refractivity contribution in [1.82, 2.24) is 25.3 Å². The number of carbonyl (C=O) groups is 1. The number of imidazole rings is 1. The minimum atomic E-state index is -3.03. The van der Waals surface area contributed by atoms with Gasteiger partial charge in [0.2, 0.25) is 0 Å². The minimum Gasteiger partial charge on any atom is -0.433 e. The zero-order valence-electron chi connectivity index (χ0n) is 18.0. The van der Waals surface area contributed by atoms with Crippen LogP contribution >= 0.6 is 0 Å². The molecule has 1 unspecified atom stereocenters. The van der Waals surface area contributed by atoms with Crippen LogP contribution in [0, 0.1) is 11.8 Å². The van der Waals surface area contributed by atoms with E-state index in [1.807, 2.05) is 43.4 Å². The van der Waals surface area contributed by atoms with Gasteiger partial charge in [0, 0.05) is 30.9 Å². The molecule has 5 rings (SSSR count). The molecule has 0 fully saturated rings. The highest BCUT2D eigenvalue weighted by atomic mass is 19.3. The monoisotopic (exact) mass is 449 g/mol. The van der Waals surface area contributed by atoms with E-state index < -0.39 is 12.7 Å². The van der Waals surface area contributed by atoms with Crippen molar-refractivity contribution in [2.75, 3.05) is 13.6 Å². The standard InChI is InChI=1S/C24H21F2N5O2/c1-3-17-22-28-18-10-9-14(7-8-15-12-27-30(2)13-15)11-19(18)31(22)21-16(23(32)29-17)5-4-6-20(21)33-24(25)26/h4-6,9-11,13,17,24,27H,3,12H2,1-2H3,(H,29,32). The van der Waals surface area contributed by atoms with Gasteiger partial charge >= 0.3 is 6.61 Å². The molecule has 1 atom stereocenters. The van der Waals surface area contributed by atoms with Gasteiger partial charge in [0.15, 0.2) is 5.75 Å². The van der Waals surface area contributed by atoms with Crippen molar-refractivity contribution < 1.29 is 18.3 Å². The lowest BCUT2D eigenvalue weighted by Gasteiger charge is -2.16. The van der Waals surface area contributed by atoms with Crippen molar-refractivity contribution in [3.63, 3.8) is 0 Å². The molecule has 2 aromatic carbocycles. The SMILES string of the molecule is CCC1NC(=O)c2cccc(OC(F)F)c2-n2c1nc1ccc(C#CC3=CN(C)NC3)cc12. The summed E-state index contributed by atoms with van der Waals surface area (Å²) in [7, 11) is 1.90. The third-order valence-electron chi connectivity index (χ3n) is 5.62. The first-order chi connectivity index (χ1) is 15.9. The van der Waals surface area contributed by atoms with Crippen molar-refractivity contribution in [2.24, 2.45) is 0 Å². The third-order valence-corrected chi connectivity index (χ3v) is 5.62. The molecule has 3 heterocycles. The van der Waals surface area contributed by atoms with Crippen LogP contribution in [0.5, 0.6) is 5.75 Å². The Morgan fingerprint density at radius 2 is 2.12 bits per heavy atom. The van der Waals surface area contributed by atoms with Crippen molar-refractivity contribution in [1.29, 1.82) is 0 Å². The number of nitrogens with one attached hydrogen (secondary N) is 2. The number of para-hydroxylation sites is 1. The van der Waals surface area contributed by atoms with Gasteiger partial charge in [-0.25, -0.2) is 10.4 Å². The van der Waals surface area contributed by atoms with Gasteiger partial charge in [-0.2, -0.15) is 8.78 Å². The molecule has 2 aliphatic rings. The van der Waals surface area contributed by atoms with E-state index in [-0.39, 0.29) is 22.9 Å². The molecule has 0 aliphatic carbocycles. The summed E-state index contributed by atoms with van der Waals surface area (Å²) in [4.78, 5) is 17.7. The zero-order chi connectivity index (χ0) is 23.1. The second kappa shape index (κ2) is 8.22. The topological polar surface area (TPSA) is 71.4 Å². The van der Waals surface area contributed by atoms with Crippen LogP contribution in [-0.4, -0.2) is 40.7 Å². The molecule has 0 saturated carbocycles. The third kappa shape index (κ3) is 3.79. The number of fused-ring (bicyclic) bond motifs is 5. The number of benzene rings is 2. The van der Waals surface area contributed by atoms with Gasteiger partial charge in [0.1, 0.15) is 11.5 Å². The molecule has 0 bridgehead atoms. The Kier molecular flexibility index (Phi) is 5.23. The summed E-state index contributed by atoms with van der Waals surface area (Å²) < 4.78 is 33.0. The Balaban J connectivity index is 1.73. The first-order valence-corrected chi connectivity index (χ1v) is 10.5. The highest BCUT2D eigenvalue weighted by Crippen LogP contribution is 2.37. The molecule has 0 radical (unpaired) electrons. The van der Waals surface area contributed by atoms with Crippen molar-refractivity contribution in [2.45, 2.75) is 26.0 Å². The maximum Gasteiger partial charge on any atom is 0.387 e. The van der Waals surface area contributed by atoms with E-state index in [2.05, 4.69) is 22.6 Å². The number of nitrogens with zero attached hydrogens (tertiary/aromatic N) is 3. The van der Waals surface area contributed by atoms with Crippen LogP contribution in [0.2, 0.25) is 0 Å². The number of rotatable bonds is 3. The molecule has 2 N–H and O–H groups in total. The average Bonchev–Trinajstić information content (AvgIpc) is 3.35. The molecule has 9 heteroatoms. The minimum absolute atomic E-state index is 0.0864. The first kappa shape index (κ1) is 21.0. The Labute approximate surface area is 189 Å². The Morgan fingerprint density at radius 1 is 1.27 bits per heavy atom. The van der Waals surface area contributed by atoms with Gasteiger partial charge in [0.05, 0.1) is 22.6 Å². The number of carbonyl (C=O) groups excluding carboxylic acids is 1. The maximum absolute atomic E-state index is 13.2. The molecule has 1 amide bonds. The van der Waals surface area contributed by atoms with Crippen LogP contribution in [0.4, 0.5) is 8.78 Å². The van der Waals surface area contributed by atoms with Crippen molar-refractivity contribution >= 4 is 16.9 Å². The second-order valence-electron chi connectivity index (χ2n) is 7.82. The lowest BCUT2D eigenvalue weighted by molar-refractivity contribution is -0.0498. The normalized spacial score (nSPS) is 17.1. The molecule has 3 aromatic rings. The summed E-state index contributed by atoms with van der Waals surface area (Å²) in [5.41, 5.74) is 6.65. The zero-order valence-corrected chi connectivity index (χ0v) is 18.0. The van der Waals surface area contributed by atoms with E-state index >= 15 is 0 Å². The molecular weight excluding hydrogens is 428 g/mol. The van der Waals surface area contributed by atoms with Gasteiger partial charge in [-0.1, -0.05) is 24.8 Å². The van der Waals surface area contributed by atoms with E-state index in [9.17, 15) is 13.6 Å². The number of ether oxygens (including phenoxy) is 1. The molecule has 2 aliphatic heterocycles. The highest BCUT2D eigenvalue weighted by molar-refractivity contribution is 6.01. The summed E-state index contributed by atoms with van der Waals surface area (Å²) >= 11 is 0. The van der Waals surface area contributed by atoms with Crippen LogP contribution in [0.25, 0.3) is 16.7 Å². The lowest BCUT2D eigenvalue weighted by atomic mass is 10.1.